The van der Waals surface area contributed by atoms with Crippen LogP contribution in [0.15, 0.2) is 34.4 Å². The lowest BCUT2D eigenvalue weighted by Crippen LogP contribution is -2.05. The molecule has 0 heterocycles. The van der Waals surface area contributed by atoms with E-state index in [-0.39, 0.29) is 17.1 Å². The highest BCUT2D eigenvalue weighted by molar-refractivity contribution is 6.04. The van der Waals surface area contributed by atoms with Crippen molar-refractivity contribution >= 4 is 22.8 Å². The van der Waals surface area contributed by atoms with Crippen LogP contribution in [0.4, 0.5) is 17.1 Å². The number of hydrazone groups is 1. The number of nitrogens with one attached hydrogen (secondary N) is 1. The number of hydrogen-bond acceptors (Lipinski definition) is 6. The molecule has 0 bridgehead atoms. The number of hydrogen-bond donors (Lipinski definition) is 1. The number of non-ortho nitro benzene ring substituents is 1. The number of benzene rings is 1. The van der Waals surface area contributed by atoms with Crippen molar-refractivity contribution in [2.75, 3.05) is 5.43 Å². The summed E-state index contributed by atoms with van der Waals surface area (Å²) in [7, 11) is 0. The molecule has 3 rings (SSSR count). The predicted octanol–water partition coefficient (Wildman–Crippen LogP) is 4.18. The van der Waals surface area contributed by atoms with Crippen molar-refractivity contribution in [1.29, 1.82) is 0 Å². The van der Waals surface area contributed by atoms with Gasteiger partial charge in [-0.2, -0.15) is 5.10 Å². The second-order valence-electron chi connectivity index (χ2n) is 6.20. The van der Waals surface area contributed by atoms with E-state index in [1.807, 2.05) is 0 Å². The van der Waals surface area contributed by atoms with Gasteiger partial charge in [0.1, 0.15) is 5.69 Å². The lowest BCUT2D eigenvalue weighted by Gasteiger charge is -2.15. The van der Waals surface area contributed by atoms with Gasteiger partial charge in [-0.1, -0.05) is 12.5 Å². The highest BCUT2D eigenvalue weighted by atomic mass is 16.6. The van der Waals surface area contributed by atoms with Gasteiger partial charge in [0.05, 0.1) is 21.6 Å². The molecule has 2 aliphatic rings. The minimum Gasteiger partial charge on any atom is -0.271 e. The fourth-order valence-electron chi connectivity index (χ4n) is 3.46. The first-order valence-corrected chi connectivity index (χ1v) is 7.95. The van der Waals surface area contributed by atoms with E-state index in [1.54, 1.807) is 0 Å². The first-order valence-electron chi connectivity index (χ1n) is 7.95. The Labute approximate surface area is 138 Å². The average Bonchev–Trinajstić information content (AvgIpc) is 2.89. The van der Waals surface area contributed by atoms with Crippen molar-refractivity contribution in [3.8, 4) is 0 Å². The Hall–Kier alpha value is -2.77. The molecule has 0 spiro atoms. The monoisotopic (exact) mass is 330 g/mol. The minimum atomic E-state index is -0.652. The SMILES string of the molecule is C[C@@H]1C/C(=N/Nc2ccc([N+](=O)[O-])cc2[N+](=O)[O-])C2=C1CCCC2. The Morgan fingerprint density at radius 2 is 1.92 bits per heavy atom. The fourth-order valence-corrected chi connectivity index (χ4v) is 3.46. The predicted molar refractivity (Wildman–Crippen MR) is 90.1 cm³/mol. The van der Waals surface area contributed by atoms with Gasteiger partial charge in [0.25, 0.3) is 5.69 Å². The quantitative estimate of drug-likeness (QED) is 0.657. The van der Waals surface area contributed by atoms with E-state index in [4.69, 9.17) is 0 Å². The molecule has 0 amide bonds. The van der Waals surface area contributed by atoms with Crippen LogP contribution < -0.4 is 5.43 Å². The Morgan fingerprint density at radius 3 is 2.62 bits per heavy atom. The van der Waals surface area contributed by atoms with E-state index < -0.39 is 9.85 Å². The summed E-state index contributed by atoms with van der Waals surface area (Å²) >= 11 is 0. The van der Waals surface area contributed by atoms with Gasteiger partial charge in [0, 0.05) is 6.07 Å². The fraction of sp³-hybridized carbons (Fsp3) is 0.438. The van der Waals surface area contributed by atoms with E-state index in [0.29, 0.717) is 5.92 Å². The van der Waals surface area contributed by atoms with Gasteiger partial charge >= 0.3 is 5.69 Å². The lowest BCUT2D eigenvalue weighted by molar-refractivity contribution is -0.393. The Bertz CT molecular complexity index is 769. The minimum absolute atomic E-state index is 0.163. The standard InChI is InChI=1S/C16H18N4O4/c1-10-8-15(13-5-3-2-4-12(10)13)18-17-14-7-6-11(19(21)22)9-16(14)20(23)24/h6-7,9-10,17H,2-5,8H2,1H3/b18-15-/t10-/m1/s1. The molecular weight excluding hydrogens is 312 g/mol. The molecule has 1 atom stereocenters. The molecule has 0 radical (unpaired) electrons. The van der Waals surface area contributed by atoms with Crippen LogP contribution in [0, 0.1) is 26.1 Å². The Kier molecular flexibility index (Phi) is 4.28. The zero-order chi connectivity index (χ0) is 17.3. The number of nitro benzene ring substituents is 2. The highest BCUT2D eigenvalue weighted by Crippen LogP contribution is 2.39. The molecule has 1 aromatic rings. The molecule has 1 aromatic carbocycles. The van der Waals surface area contributed by atoms with Crippen LogP contribution in [0.25, 0.3) is 0 Å². The summed E-state index contributed by atoms with van der Waals surface area (Å²) in [6, 6.07) is 3.51. The van der Waals surface area contributed by atoms with Crippen LogP contribution in [0.2, 0.25) is 0 Å². The molecule has 0 aromatic heterocycles. The summed E-state index contributed by atoms with van der Waals surface area (Å²) in [5, 5.41) is 26.3. The summed E-state index contributed by atoms with van der Waals surface area (Å²) in [5.74, 6) is 0.465. The summed E-state index contributed by atoms with van der Waals surface area (Å²) in [6.45, 7) is 2.18. The normalized spacial score (nSPS) is 21.7. The Morgan fingerprint density at radius 1 is 1.17 bits per heavy atom. The maximum Gasteiger partial charge on any atom is 0.301 e. The second kappa shape index (κ2) is 6.38. The summed E-state index contributed by atoms with van der Waals surface area (Å²) < 4.78 is 0. The van der Waals surface area contributed by atoms with Crippen LogP contribution in [0.3, 0.4) is 0 Å². The van der Waals surface area contributed by atoms with Gasteiger partial charge in [-0.15, -0.1) is 0 Å². The number of anilines is 1. The number of nitrogens with zero attached hydrogens (tertiary/aromatic N) is 3. The number of rotatable bonds is 4. The van der Waals surface area contributed by atoms with Crippen LogP contribution in [-0.2, 0) is 0 Å². The molecule has 0 saturated carbocycles. The molecular formula is C16H18N4O4. The zero-order valence-electron chi connectivity index (χ0n) is 13.3. The van der Waals surface area contributed by atoms with E-state index in [9.17, 15) is 20.2 Å². The van der Waals surface area contributed by atoms with Gasteiger partial charge in [0.15, 0.2) is 0 Å². The van der Waals surface area contributed by atoms with E-state index in [1.165, 1.54) is 29.7 Å². The molecule has 8 nitrogen and oxygen atoms in total. The lowest BCUT2D eigenvalue weighted by atomic mass is 9.90. The molecule has 2 aliphatic carbocycles. The summed E-state index contributed by atoms with van der Waals surface area (Å²) in [6.07, 6.45) is 5.29. The maximum absolute atomic E-state index is 11.2. The van der Waals surface area contributed by atoms with Crippen molar-refractivity contribution in [1.82, 2.24) is 0 Å². The van der Waals surface area contributed by atoms with E-state index in [2.05, 4.69) is 17.5 Å². The maximum atomic E-state index is 11.2. The zero-order valence-corrected chi connectivity index (χ0v) is 13.3. The number of nitro groups is 2. The van der Waals surface area contributed by atoms with Gasteiger partial charge in [-0.25, -0.2) is 0 Å². The van der Waals surface area contributed by atoms with Crippen molar-refractivity contribution in [2.45, 2.75) is 39.0 Å². The van der Waals surface area contributed by atoms with Crippen LogP contribution in [0.5, 0.6) is 0 Å². The third kappa shape index (κ3) is 2.99. The molecule has 0 unspecified atom stereocenters. The second-order valence-corrected chi connectivity index (χ2v) is 6.20. The van der Waals surface area contributed by atoms with Gasteiger partial charge in [0.2, 0.25) is 0 Å². The summed E-state index contributed by atoms with van der Waals surface area (Å²) in [4.78, 5) is 20.6. The van der Waals surface area contributed by atoms with Crippen LogP contribution in [0.1, 0.15) is 39.0 Å². The van der Waals surface area contributed by atoms with Gasteiger partial charge < -0.3 is 0 Å². The highest BCUT2D eigenvalue weighted by Gasteiger charge is 2.29. The summed E-state index contributed by atoms with van der Waals surface area (Å²) in [5.41, 5.74) is 5.94. The van der Waals surface area contributed by atoms with Crippen molar-refractivity contribution in [3.63, 3.8) is 0 Å². The van der Waals surface area contributed by atoms with Crippen molar-refractivity contribution < 1.29 is 9.85 Å². The van der Waals surface area contributed by atoms with Gasteiger partial charge in [-0.05, 0) is 49.7 Å². The van der Waals surface area contributed by atoms with E-state index >= 15 is 0 Å². The third-order valence-electron chi connectivity index (χ3n) is 4.65. The third-order valence-corrected chi connectivity index (χ3v) is 4.65. The first kappa shape index (κ1) is 16.1. The van der Waals surface area contributed by atoms with Crippen LogP contribution in [-0.4, -0.2) is 15.6 Å². The average molecular weight is 330 g/mol. The molecule has 0 saturated heterocycles. The smallest absolute Gasteiger partial charge is 0.271 e. The molecule has 0 aliphatic heterocycles. The van der Waals surface area contributed by atoms with Gasteiger partial charge in [-0.3, -0.25) is 25.7 Å². The van der Waals surface area contributed by atoms with Crippen LogP contribution >= 0.6 is 0 Å². The molecule has 0 fully saturated rings. The molecule has 24 heavy (non-hydrogen) atoms. The molecule has 1 N–H and O–H groups in total. The Balaban J connectivity index is 1.88. The van der Waals surface area contributed by atoms with Crippen molar-refractivity contribution in [3.05, 3.63) is 49.6 Å². The molecule has 126 valence electrons. The van der Waals surface area contributed by atoms with Crippen molar-refractivity contribution in [2.24, 2.45) is 11.0 Å². The van der Waals surface area contributed by atoms with E-state index in [0.717, 1.165) is 37.5 Å². The first-order chi connectivity index (χ1) is 11.5. The largest absolute Gasteiger partial charge is 0.301 e. The molecule has 8 heteroatoms. The topological polar surface area (TPSA) is 111 Å². The number of allylic oxidation sites excluding steroid dienone is 2.